The number of halogens is 1. The smallest absolute Gasteiger partial charge is 0.130 e. The van der Waals surface area contributed by atoms with Crippen LogP contribution < -0.4 is 15.8 Å². The fourth-order valence-electron chi connectivity index (χ4n) is 1.37. The summed E-state index contributed by atoms with van der Waals surface area (Å²) in [5.41, 5.74) is 7.32. The summed E-state index contributed by atoms with van der Waals surface area (Å²) in [5.74, 6) is 1.47. The number of ether oxygens (including phenoxy) is 1. The van der Waals surface area contributed by atoms with Crippen molar-refractivity contribution >= 4 is 33.1 Å². The SMILES string of the molecule is COc1ccc(Nc2ccc(Br)cn2)c(N)c1. The molecule has 0 aliphatic heterocycles. The fourth-order valence-corrected chi connectivity index (χ4v) is 1.60. The van der Waals surface area contributed by atoms with E-state index in [2.05, 4.69) is 26.2 Å². The molecule has 3 N–H and O–H groups in total. The molecule has 88 valence electrons. The Morgan fingerprint density at radius 1 is 1.29 bits per heavy atom. The first kappa shape index (κ1) is 11.7. The largest absolute Gasteiger partial charge is 0.497 e. The lowest BCUT2D eigenvalue weighted by Gasteiger charge is -2.09. The van der Waals surface area contributed by atoms with Crippen molar-refractivity contribution < 1.29 is 4.74 Å². The molecule has 1 aromatic carbocycles. The standard InChI is InChI=1S/C12H12BrN3O/c1-17-9-3-4-11(10(14)6-9)16-12-5-2-8(13)7-15-12/h2-7H,14H2,1H3,(H,15,16). The van der Waals surface area contributed by atoms with Gasteiger partial charge in [0.2, 0.25) is 0 Å². The molecule has 0 radical (unpaired) electrons. The van der Waals surface area contributed by atoms with Crippen LogP contribution in [0.2, 0.25) is 0 Å². The second kappa shape index (κ2) is 5.05. The minimum absolute atomic E-state index is 0.620. The highest BCUT2D eigenvalue weighted by atomic mass is 79.9. The molecule has 0 bridgehead atoms. The van der Waals surface area contributed by atoms with E-state index < -0.39 is 0 Å². The van der Waals surface area contributed by atoms with Crippen LogP contribution in [-0.4, -0.2) is 12.1 Å². The highest BCUT2D eigenvalue weighted by Gasteiger charge is 2.02. The molecule has 5 heteroatoms. The van der Waals surface area contributed by atoms with Crippen LogP contribution >= 0.6 is 15.9 Å². The minimum atomic E-state index is 0.620. The number of benzene rings is 1. The number of nitrogens with one attached hydrogen (secondary N) is 1. The van der Waals surface area contributed by atoms with Crippen molar-refractivity contribution in [1.82, 2.24) is 4.98 Å². The number of nitrogens with zero attached hydrogens (tertiary/aromatic N) is 1. The third kappa shape index (κ3) is 2.88. The molecule has 0 amide bonds. The monoisotopic (exact) mass is 293 g/mol. The Hall–Kier alpha value is -1.75. The van der Waals surface area contributed by atoms with E-state index in [1.807, 2.05) is 24.3 Å². The summed E-state index contributed by atoms with van der Waals surface area (Å²) in [6, 6.07) is 9.25. The van der Waals surface area contributed by atoms with Crippen LogP contribution in [0.1, 0.15) is 0 Å². The van der Waals surface area contributed by atoms with E-state index >= 15 is 0 Å². The summed E-state index contributed by atoms with van der Waals surface area (Å²) < 4.78 is 6.02. The lowest BCUT2D eigenvalue weighted by atomic mass is 10.2. The normalized spacial score (nSPS) is 10.0. The molecule has 4 nitrogen and oxygen atoms in total. The number of nitrogens with two attached hydrogens (primary N) is 1. The molecule has 0 saturated carbocycles. The molecule has 2 rings (SSSR count). The Balaban J connectivity index is 2.21. The summed E-state index contributed by atoms with van der Waals surface area (Å²) in [5, 5.41) is 3.14. The third-order valence-electron chi connectivity index (χ3n) is 2.25. The van der Waals surface area contributed by atoms with Crippen LogP contribution in [0.25, 0.3) is 0 Å². The van der Waals surface area contributed by atoms with E-state index in [4.69, 9.17) is 10.5 Å². The average molecular weight is 294 g/mol. The van der Waals surface area contributed by atoms with Crippen LogP contribution in [0.5, 0.6) is 5.75 Å². The molecule has 0 spiro atoms. The van der Waals surface area contributed by atoms with Gasteiger partial charge in [0.05, 0.1) is 18.5 Å². The number of nitrogen functional groups attached to an aromatic ring is 1. The first-order chi connectivity index (χ1) is 8.19. The van der Waals surface area contributed by atoms with E-state index in [0.29, 0.717) is 5.69 Å². The van der Waals surface area contributed by atoms with Gasteiger partial charge in [-0.25, -0.2) is 4.98 Å². The predicted octanol–water partition coefficient (Wildman–Crippen LogP) is 3.18. The molecule has 2 aromatic rings. The highest BCUT2D eigenvalue weighted by Crippen LogP contribution is 2.26. The summed E-state index contributed by atoms with van der Waals surface area (Å²) in [6.45, 7) is 0. The quantitative estimate of drug-likeness (QED) is 0.854. The lowest BCUT2D eigenvalue weighted by Crippen LogP contribution is -1.98. The summed E-state index contributed by atoms with van der Waals surface area (Å²) in [4.78, 5) is 4.21. The van der Waals surface area contributed by atoms with Crippen molar-refractivity contribution in [3.63, 3.8) is 0 Å². The van der Waals surface area contributed by atoms with Crippen molar-refractivity contribution in [2.24, 2.45) is 0 Å². The molecular formula is C12H12BrN3O. The topological polar surface area (TPSA) is 60.2 Å². The van der Waals surface area contributed by atoms with Crippen LogP contribution in [0.15, 0.2) is 41.0 Å². The second-order valence-corrected chi connectivity index (χ2v) is 4.36. The maximum Gasteiger partial charge on any atom is 0.130 e. The first-order valence-electron chi connectivity index (χ1n) is 5.01. The molecule has 1 aromatic heterocycles. The minimum Gasteiger partial charge on any atom is -0.497 e. The summed E-state index contributed by atoms with van der Waals surface area (Å²) in [7, 11) is 1.61. The molecule has 0 aliphatic rings. The van der Waals surface area contributed by atoms with Gasteiger partial charge in [-0.15, -0.1) is 0 Å². The van der Waals surface area contributed by atoms with Crippen molar-refractivity contribution in [2.45, 2.75) is 0 Å². The summed E-state index contributed by atoms with van der Waals surface area (Å²) >= 11 is 3.33. The number of methoxy groups -OCH3 is 1. The molecule has 1 heterocycles. The van der Waals surface area contributed by atoms with E-state index in [1.54, 1.807) is 19.4 Å². The molecule has 0 atom stereocenters. The van der Waals surface area contributed by atoms with Crippen LogP contribution in [0, 0.1) is 0 Å². The Bertz CT molecular complexity index is 514. The third-order valence-corrected chi connectivity index (χ3v) is 2.72. The van der Waals surface area contributed by atoms with Crippen molar-refractivity contribution in [3.8, 4) is 5.75 Å². The summed E-state index contributed by atoms with van der Waals surface area (Å²) in [6.07, 6.45) is 1.72. The zero-order valence-electron chi connectivity index (χ0n) is 9.27. The van der Waals surface area contributed by atoms with E-state index in [9.17, 15) is 0 Å². The first-order valence-corrected chi connectivity index (χ1v) is 5.80. The second-order valence-electron chi connectivity index (χ2n) is 3.44. The Kier molecular flexibility index (Phi) is 3.49. The van der Waals surface area contributed by atoms with Gasteiger partial charge in [-0.3, -0.25) is 0 Å². The zero-order chi connectivity index (χ0) is 12.3. The van der Waals surface area contributed by atoms with Crippen molar-refractivity contribution in [2.75, 3.05) is 18.2 Å². The Morgan fingerprint density at radius 3 is 2.71 bits per heavy atom. The Labute approximate surface area is 108 Å². The van der Waals surface area contributed by atoms with Gasteiger partial charge in [0.1, 0.15) is 11.6 Å². The van der Waals surface area contributed by atoms with Crippen LogP contribution in [0.4, 0.5) is 17.2 Å². The van der Waals surface area contributed by atoms with Gasteiger partial charge >= 0.3 is 0 Å². The number of hydrogen-bond acceptors (Lipinski definition) is 4. The lowest BCUT2D eigenvalue weighted by molar-refractivity contribution is 0.415. The van der Waals surface area contributed by atoms with E-state index in [-0.39, 0.29) is 0 Å². The zero-order valence-corrected chi connectivity index (χ0v) is 10.9. The molecule has 0 saturated heterocycles. The van der Waals surface area contributed by atoms with Gasteiger partial charge in [0.25, 0.3) is 0 Å². The van der Waals surface area contributed by atoms with Crippen LogP contribution in [0.3, 0.4) is 0 Å². The van der Waals surface area contributed by atoms with Gasteiger partial charge < -0.3 is 15.8 Å². The van der Waals surface area contributed by atoms with Gasteiger partial charge in [0, 0.05) is 16.7 Å². The maximum atomic E-state index is 5.90. The van der Waals surface area contributed by atoms with E-state index in [0.717, 1.165) is 21.7 Å². The van der Waals surface area contributed by atoms with E-state index in [1.165, 1.54) is 0 Å². The predicted molar refractivity (Wildman–Crippen MR) is 72.6 cm³/mol. The molecular weight excluding hydrogens is 282 g/mol. The van der Waals surface area contributed by atoms with Gasteiger partial charge in [-0.05, 0) is 40.2 Å². The number of hydrogen-bond donors (Lipinski definition) is 2. The van der Waals surface area contributed by atoms with Crippen molar-refractivity contribution in [1.29, 1.82) is 0 Å². The van der Waals surface area contributed by atoms with Crippen molar-refractivity contribution in [3.05, 3.63) is 41.0 Å². The molecule has 0 unspecified atom stereocenters. The number of aromatic nitrogens is 1. The fraction of sp³-hybridized carbons (Fsp3) is 0.0833. The van der Waals surface area contributed by atoms with Gasteiger partial charge in [0.15, 0.2) is 0 Å². The van der Waals surface area contributed by atoms with Gasteiger partial charge in [-0.1, -0.05) is 0 Å². The maximum absolute atomic E-state index is 5.90. The van der Waals surface area contributed by atoms with Crippen LogP contribution in [-0.2, 0) is 0 Å². The van der Waals surface area contributed by atoms with Gasteiger partial charge in [-0.2, -0.15) is 0 Å². The molecule has 0 fully saturated rings. The molecule has 0 aliphatic carbocycles. The number of rotatable bonds is 3. The Morgan fingerprint density at radius 2 is 2.12 bits per heavy atom. The highest BCUT2D eigenvalue weighted by molar-refractivity contribution is 9.10. The average Bonchev–Trinajstić information content (AvgIpc) is 2.34. The molecule has 17 heavy (non-hydrogen) atoms. The number of pyridine rings is 1. The number of anilines is 3.